The van der Waals surface area contributed by atoms with Gasteiger partial charge < -0.3 is 17.1 Å². The van der Waals surface area contributed by atoms with Gasteiger partial charge in [0.25, 0.3) is 0 Å². The summed E-state index contributed by atoms with van der Waals surface area (Å²) in [6.45, 7) is 1.94. The molecule has 0 saturated heterocycles. The van der Waals surface area contributed by atoms with Gasteiger partial charge in [-0.05, 0) is 37.3 Å². The number of pyridine rings is 1. The SMILES string of the molecule is COc1cc[n+](-c2nc3cc(C(F)(F)F)ccc3[nH]2)c(CSSc2ccccc2Cl)c1C.[Cl-]. The third kappa shape index (κ3) is 5.54. The average molecular weight is 532 g/mol. The molecule has 4 nitrogen and oxygen atoms in total. The van der Waals surface area contributed by atoms with Gasteiger partial charge in [0.1, 0.15) is 17.0 Å². The number of imidazole rings is 1. The Morgan fingerprint density at radius 2 is 1.91 bits per heavy atom. The molecule has 0 saturated carbocycles. The number of nitrogens with one attached hydrogen (secondary N) is 1. The molecule has 0 aliphatic carbocycles. The Morgan fingerprint density at radius 3 is 2.61 bits per heavy atom. The first-order valence-electron chi connectivity index (χ1n) is 9.47. The van der Waals surface area contributed by atoms with Gasteiger partial charge in [-0.1, -0.05) is 50.3 Å². The fraction of sp³-hybridized carbons (Fsp3) is 0.182. The first-order valence-corrected chi connectivity index (χ1v) is 12.2. The largest absolute Gasteiger partial charge is 1.00 e. The fourth-order valence-corrected chi connectivity index (χ4v) is 5.87. The van der Waals surface area contributed by atoms with Crippen LogP contribution in [-0.2, 0) is 11.9 Å². The van der Waals surface area contributed by atoms with E-state index in [0.717, 1.165) is 34.0 Å². The minimum Gasteiger partial charge on any atom is -1.00 e. The first kappa shape index (κ1) is 25.6. The molecule has 0 spiro atoms. The van der Waals surface area contributed by atoms with Crippen LogP contribution in [0.25, 0.3) is 17.0 Å². The number of hydrogen-bond donors (Lipinski definition) is 1. The van der Waals surface area contributed by atoms with E-state index in [-0.39, 0.29) is 17.9 Å². The molecule has 0 bridgehead atoms. The summed E-state index contributed by atoms with van der Waals surface area (Å²) in [5, 5.41) is 0.679. The van der Waals surface area contributed by atoms with Crippen LogP contribution in [0.15, 0.2) is 59.6 Å². The van der Waals surface area contributed by atoms with Crippen molar-refractivity contribution in [1.82, 2.24) is 9.97 Å². The van der Waals surface area contributed by atoms with E-state index in [4.69, 9.17) is 16.3 Å². The second kappa shape index (κ2) is 10.5. The molecule has 2 heterocycles. The quantitative estimate of drug-likeness (QED) is 0.303. The van der Waals surface area contributed by atoms with E-state index in [1.807, 2.05) is 35.8 Å². The Morgan fingerprint density at radius 1 is 1.15 bits per heavy atom. The van der Waals surface area contributed by atoms with Crippen LogP contribution in [0, 0.1) is 6.92 Å². The standard InChI is InChI=1S/C22H18ClF3N3OS2.ClH/c1-13-18(12-31-32-20-6-4-3-5-15(20)23)29(10-9-19(13)30-2)21-27-16-8-7-14(22(24,25)26)11-17(16)28-21;/h3-11H,12H2,1-2H3,(H,27,28);1H/q+1;/p-1. The molecule has 0 aliphatic rings. The van der Waals surface area contributed by atoms with E-state index in [9.17, 15) is 13.2 Å². The number of hydrogen-bond acceptors (Lipinski definition) is 4. The second-order valence-electron chi connectivity index (χ2n) is 6.89. The summed E-state index contributed by atoms with van der Waals surface area (Å²) in [6.07, 6.45) is -2.63. The summed E-state index contributed by atoms with van der Waals surface area (Å²) in [4.78, 5) is 8.50. The van der Waals surface area contributed by atoms with Crippen molar-refractivity contribution >= 4 is 44.2 Å². The van der Waals surface area contributed by atoms with Crippen molar-refractivity contribution in [3.05, 3.63) is 76.6 Å². The normalized spacial score (nSPS) is 11.5. The molecule has 2 aromatic heterocycles. The molecule has 11 heteroatoms. The monoisotopic (exact) mass is 531 g/mol. The van der Waals surface area contributed by atoms with Gasteiger partial charge >= 0.3 is 12.1 Å². The summed E-state index contributed by atoms with van der Waals surface area (Å²) in [5.41, 5.74) is 1.87. The predicted octanol–water partition coefficient (Wildman–Crippen LogP) is 3.77. The van der Waals surface area contributed by atoms with Crippen LogP contribution in [0.3, 0.4) is 0 Å². The number of H-pyrrole nitrogens is 1. The van der Waals surface area contributed by atoms with Crippen LogP contribution in [-0.4, -0.2) is 17.1 Å². The van der Waals surface area contributed by atoms with Crippen molar-refractivity contribution in [3.8, 4) is 11.7 Å². The van der Waals surface area contributed by atoms with Crippen molar-refractivity contribution < 1.29 is 34.9 Å². The molecular formula is C22H18Cl2F3N3OS2. The number of nitrogens with zero attached hydrogens (tertiary/aromatic N) is 2. The Balaban J connectivity index is 0.00000306. The van der Waals surface area contributed by atoms with Gasteiger partial charge in [0.05, 0.1) is 29.6 Å². The van der Waals surface area contributed by atoms with Gasteiger partial charge in [0, 0.05) is 16.5 Å². The molecule has 174 valence electrons. The molecule has 1 N–H and O–H groups in total. The lowest BCUT2D eigenvalue weighted by Crippen LogP contribution is -3.00. The third-order valence-electron chi connectivity index (χ3n) is 4.90. The summed E-state index contributed by atoms with van der Waals surface area (Å²) in [6, 6.07) is 12.9. The van der Waals surface area contributed by atoms with E-state index in [1.54, 1.807) is 41.0 Å². The van der Waals surface area contributed by atoms with Crippen LogP contribution in [0.1, 0.15) is 16.8 Å². The van der Waals surface area contributed by atoms with Crippen LogP contribution in [0.4, 0.5) is 13.2 Å². The zero-order valence-electron chi connectivity index (χ0n) is 17.4. The second-order valence-corrected chi connectivity index (χ2v) is 9.64. The van der Waals surface area contributed by atoms with E-state index in [0.29, 0.717) is 22.2 Å². The van der Waals surface area contributed by atoms with Gasteiger partial charge in [-0.3, -0.25) is 0 Å². The number of fused-ring (bicyclic) bond motifs is 1. The van der Waals surface area contributed by atoms with E-state index >= 15 is 0 Å². The molecular weight excluding hydrogens is 514 g/mol. The molecule has 33 heavy (non-hydrogen) atoms. The van der Waals surface area contributed by atoms with Crippen LogP contribution >= 0.6 is 33.2 Å². The van der Waals surface area contributed by atoms with Crippen LogP contribution in [0.5, 0.6) is 5.75 Å². The van der Waals surface area contributed by atoms with Gasteiger partial charge in [0.15, 0.2) is 5.52 Å². The number of methoxy groups -OCH3 is 1. The minimum absolute atomic E-state index is 0. The number of aromatic amines is 1. The van der Waals surface area contributed by atoms with Gasteiger partial charge in [-0.15, -0.1) is 0 Å². The lowest BCUT2D eigenvalue weighted by Gasteiger charge is -2.12. The van der Waals surface area contributed by atoms with E-state index in [2.05, 4.69) is 9.97 Å². The molecule has 4 aromatic rings. The Hall–Kier alpha value is -2.07. The highest BCUT2D eigenvalue weighted by Crippen LogP contribution is 2.38. The van der Waals surface area contributed by atoms with E-state index in [1.165, 1.54) is 6.07 Å². The Bertz CT molecular complexity index is 1280. The lowest BCUT2D eigenvalue weighted by atomic mass is 10.2. The summed E-state index contributed by atoms with van der Waals surface area (Å²) in [5.74, 6) is 1.74. The molecule has 0 fully saturated rings. The number of rotatable bonds is 6. The van der Waals surface area contributed by atoms with Crippen molar-refractivity contribution in [1.29, 1.82) is 0 Å². The summed E-state index contributed by atoms with van der Waals surface area (Å²) in [7, 11) is 4.75. The minimum atomic E-state index is -4.42. The lowest BCUT2D eigenvalue weighted by molar-refractivity contribution is -0.610. The molecule has 4 rings (SSSR count). The molecule has 2 aromatic carbocycles. The van der Waals surface area contributed by atoms with Gasteiger partial charge in [0.2, 0.25) is 0 Å². The Labute approximate surface area is 207 Å². The number of benzene rings is 2. The van der Waals surface area contributed by atoms with Crippen molar-refractivity contribution in [2.75, 3.05) is 7.11 Å². The Kier molecular flexibility index (Phi) is 8.10. The fourth-order valence-electron chi connectivity index (χ4n) is 3.22. The molecule has 0 radical (unpaired) electrons. The molecule has 0 amide bonds. The first-order chi connectivity index (χ1) is 15.3. The number of alkyl halides is 3. The highest BCUT2D eigenvalue weighted by atomic mass is 35.5. The third-order valence-corrected chi connectivity index (χ3v) is 7.63. The summed E-state index contributed by atoms with van der Waals surface area (Å²) < 4.78 is 46.6. The highest BCUT2D eigenvalue weighted by Gasteiger charge is 2.32. The molecule has 0 atom stereocenters. The van der Waals surface area contributed by atoms with Gasteiger partial charge in [-0.25, -0.2) is 9.55 Å². The zero-order valence-corrected chi connectivity index (χ0v) is 20.6. The maximum absolute atomic E-state index is 13.1. The van der Waals surface area contributed by atoms with Crippen LogP contribution < -0.4 is 21.7 Å². The molecule has 0 unspecified atom stereocenters. The smallest absolute Gasteiger partial charge is 0.416 e. The van der Waals surface area contributed by atoms with E-state index < -0.39 is 11.7 Å². The average Bonchev–Trinajstić information content (AvgIpc) is 3.18. The van der Waals surface area contributed by atoms with Crippen molar-refractivity contribution in [3.63, 3.8) is 0 Å². The van der Waals surface area contributed by atoms with Crippen molar-refractivity contribution in [2.45, 2.75) is 23.7 Å². The number of ether oxygens (including phenoxy) is 1. The predicted molar refractivity (Wildman–Crippen MR) is 123 cm³/mol. The molecule has 0 aliphatic heterocycles. The highest BCUT2D eigenvalue weighted by molar-refractivity contribution is 8.76. The van der Waals surface area contributed by atoms with Gasteiger partial charge in [-0.2, -0.15) is 13.2 Å². The topological polar surface area (TPSA) is 41.8 Å². The zero-order chi connectivity index (χ0) is 22.9. The maximum atomic E-state index is 13.1. The van der Waals surface area contributed by atoms with Crippen LogP contribution in [0.2, 0.25) is 5.02 Å². The van der Waals surface area contributed by atoms with Crippen molar-refractivity contribution in [2.24, 2.45) is 0 Å². The summed E-state index contributed by atoms with van der Waals surface area (Å²) >= 11 is 6.25. The maximum Gasteiger partial charge on any atom is 0.416 e. The number of halogens is 5. The number of aromatic nitrogens is 3.